The third-order valence-electron chi connectivity index (χ3n) is 4.17. The predicted molar refractivity (Wildman–Crippen MR) is 101 cm³/mol. The molecule has 8 heteroatoms. The van der Waals surface area contributed by atoms with E-state index >= 15 is 0 Å². The molecule has 0 N–H and O–H groups in total. The number of ether oxygens (including phenoxy) is 1. The minimum absolute atomic E-state index is 0.0693. The molecule has 0 saturated heterocycles. The van der Waals surface area contributed by atoms with Crippen molar-refractivity contribution in [2.24, 2.45) is 0 Å². The van der Waals surface area contributed by atoms with Gasteiger partial charge in [0.2, 0.25) is 5.89 Å². The van der Waals surface area contributed by atoms with E-state index in [-0.39, 0.29) is 23.8 Å². The Kier molecular flexibility index (Phi) is 4.67. The standard InChI is InChI=1S/C20H16N4O4/c1-2-24-19(25)15-11-7-6-10-14(15)17(23-24)20(26)27-12-16-21-22-18(28-16)13-8-4-3-5-9-13/h3-11H,2,12H2,1H3. The lowest BCUT2D eigenvalue weighted by Crippen LogP contribution is -2.25. The van der Waals surface area contributed by atoms with Gasteiger partial charge in [0, 0.05) is 17.5 Å². The summed E-state index contributed by atoms with van der Waals surface area (Å²) in [6.45, 7) is 1.93. The van der Waals surface area contributed by atoms with Crippen LogP contribution in [0.1, 0.15) is 23.3 Å². The molecule has 28 heavy (non-hydrogen) atoms. The number of carbonyl (C=O) groups excluding carboxylic acids is 1. The maximum atomic E-state index is 12.6. The second kappa shape index (κ2) is 7.43. The Labute approximate surface area is 159 Å². The number of aromatic nitrogens is 4. The zero-order chi connectivity index (χ0) is 19.5. The molecule has 0 unspecified atom stereocenters. The monoisotopic (exact) mass is 376 g/mol. The van der Waals surface area contributed by atoms with E-state index in [0.717, 1.165) is 5.56 Å². The Balaban J connectivity index is 1.57. The summed E-state index contributed by atoms with van der Waals surface area (Å²) in [4.78, 5) is 25.0. The number of nitrogens with zero attached hydrogens (tertiary/aromatic N) is 4. The van der Waals surface area contributed by atoms with Crippen molar-refractivity contribution in [1.82, 2.24) is 20.0 Å². The number of carbonyl (C=O) groups is 1. The fourth-order valence-corrected chi connectivity index (χ4v) is 2.81. The van der Waals surface area contributed by atoms with Crippen LogP contribution in [0.5, 0.6) is 0 Å². The van der Waals surface area contributed by atoms with E-state index in [0.29, 0.717) is 23.2 Å². The van der Waals surface area contributed by atoms with E-state index in [9.17, 15) is 9.59 Å². The summed E-state index contributed by atoms with van der Waals surface area (Å²) < 4.78 is 12.1. The van der Waals surface area contributed by atoms with Crippen molar-refractivity contribution >= 4 is 16.7 Å². The van der Waals surface area contributed by atoms with E-state index in [4.69, 9.17) is 9.15 Å². The van der Waals surface area contributed by atoms with Crippen molar-refractivity contribution in [3.63, 3.8) is 0 Å². The van der Waals surface area contributed by atoms with Crippen molar-refractivity contribution in [2.45, 2.75) is 20.1 Å². The molecule has 0 radical (unpaired) electrons. The molecule has 2 heterocycles. The van der Waals surface area contributed by atoms with Crippen LogP contribution in [0.4, 0.5) is 0 Å². The summed E-state index contributed by atoms with van der Waals surface area (Å²) in [6, 6.07) is 16.1. The Morgan fingerprint density at radius 3 is 2.50 bits per heavy atom. The first kappa shape index (κ1) is 17.6. The summed E-state index contributed by atoms with van der Waals surface area (Å²) >= 11 is 0. The smallest absolute Gasteiger partial charge is 0.359 e. The lowest BCUT2D eigenvalue weighted by molar-refractivity contribution is 0.0431. The SMILES string of the molecule is CCn1nc(C(=O)OCc2nnc(-c3ccccc3)o2)c2ccccc2c1=O. The van der Waals surface area contributed by atoms with Crippen molar-refractivity contribution in [2.75, 3.05) is 0 Å². The third-order valence-corrected chi connectivity index (χ3v) is 4.17. The van der Waals surface area contributed by atoms with Crippen LogP contribution in [-0.4, -0.2) is 25.9 Å². The van der Waals surface area contributed by atoms with Gasteiger partial charge >= 0.3 is 5.97 Å². The fourth-order valence-electron chi connectivity index (χ4n) is 2.81. The molecule has 0 atom stereocenters. The summed E-state index contributed by atoms with van der Waals surface area (Å²) in [5.74, 6) is -0.159. The summed E-state index contributed by atoms with van der Waals surface area (Å²) in [5.41, 5.74) is 0.592. The van der Waals surface area contributed by atoms with E-state index in [1.807, 2.05) is 30.3 Å². The predicted octanol–water partition coefficient (Wildman–Crippen LogP) is 2.82. The topological polar surface area (TPSA) is 100 Å². The maximum Gasteiger partial charge on any atom is 0.359 e. The van der Waals surface area contributed by atoms with Gasteiger partial charge in [0.1, 0.15) is 0 Å². The van der Waals surface area contributed by atoms with Crippen LogP contribution in [0.2, 0.25) is 0 Å². The van der Waals surface area contributed by atoms with E-state index in [2.05, 4.69) is 15.3 Å². The Bertz CT molecular complexity index is 1200. The van der Waals surface area contributed by atoms with Crippen LogP contribution < -0.4 is 5.56 Å². The molecular weight excluding hydrogens is 360 g/mol. The molecule has 0 spiro atoms. The highest BCUT2D eigenvalue weighted by Gasteiger charge is 2.19. The molecule has 140 valence electrons. The molecule has 4 rings (SSSR count). The number of hydrogen-bond donors (Lipinski definition) is 0. The van der Waals surface area contributed by atoms with E-state index in [1.165, 1.54) is 4.68 Å². The summed E-state index contributed by atoms with van der Waals surface area (Å²) in [6.07, 6.45) is 0. The van der Waals surface area contributed by atoms with Crippen LogP contribution >= 0.6 is 0 Å². The molecular formula is C20H16N4O4. The Hall–Kier alpha value is -3.81. The van der Waals surface area contributed by atoms with Crippen LogP contribution in [-0.2, 0) is 17.9 Å². The highest BCUT2D eigenvalue weighted by molar-refractivity contribution is 6.02. The number of rotatable bonds is 5. The number of benzene rings is 2. The lowest BCUT2D eigenvalue weighted by Gasteiger charge is -2.08. The van der Waals surface area contributed by atoms with Crippen LogP contribution in [0.25, 0.3) is 22.2 Å². The first-order chi connectivity index (χ1) is 13.7. The summed E-state index contributed by atoms with van der Waals surface area (Å²) in [5, 5.41) is 12.9. The van der Waals surface area contributed by atoms with Crippen molar-refractivity contribution in [3.8, 4) is 11.5 Å². The average Bonchev–Trinajstić information content (AvgIpc) is 3.22. The highest BCUT2D eigenvalue weighted by atomic mass is 16.5. The molecule has 8 nitrogen and oxygen atoms in total. The Morgan fingerprint density at radius 1 is 1.04 bits per heavy atom. The number of fused-ring (bicyclic) bond motifs is 1. The number of hydrogen-bond acceptors (Lipinski definition) is 7. The number of aryl methyl sites for hydroxylation is 1. The molecule has 4 aromatic rings. The zero-order valence-electron chi connectivity index (χ0n) is 15.0. The molecule has 0 saturated carbocycles. The van der Waals surface area contributed by atoms with E-state index < -0.39 is 5.97 Å². The van der Waals surface area contributed by atoms with Gasteiger partial charge in [-0.1, -0.05) is 36.4 Å². The van der Waals surface area contributed by atoms with E-state index in [1.54, 1.807) is 31.2 Å². The third kappa shape index (κ3) is 3.27. The van der Waals surface area contributed by atoms with Gasteiger partial charge in [0.05, 0.1) is 5.39 Å². The Morgan fingerprint density at radius 2 is 1.75 bits per heavy atom. The average molecular weight is 376 g/mol. The largest absolute Gasteiger partial charge is 0.451 e. The van der Waals surface area contributed by atoms with Gasteiger partial charge < -0.3 is 9.15 Å². The zero-order valence-corrected chi connectivity index (χ0v) is 15.0. The second-order valence-electron chi connectivity index (χ2n) is 5.96. The van der Waals surface area contributed by atoms with Gasteiger partial charge in [0.25, 0.3) is 11.4 Å². The van der Waals surface area contributed by atoms with Gasteiger partial charge in [-0.05, 0) is 25.1 Å². The minimum atomic E-state index is -0.669. The summed E-state index contributed by atoms with van der Waals surface area (Å²) in [7, 11) is 0. The van der Waals surface area contributed by atoms with Crippen molar-refractivity contribution in [3.05, 3.63) is 76.5 Å². The van der Waals surface area contributed by atoms with Gasteiger partial charge in [-0.25, -0.2) is 9.48 Å². The van der Waals surface area contributed by atoms with Gasteiger partial charge in [-0.3, -0.25) is 4.79 Å². The van der Waals surface area contributed by atoms with Gasteiger partial charge in [0.15, 0.2) is 12.3 Å². The van der Waals surface area contributed by atoms with Crippen LogP contribution in [0, 0.1) is 0 Å². The first-order valence-electron chi connectivity index (χ1n) is 8.72. The number of esters is 1. The minimum Gasteiger partial charge on any atom is -0.451 e. The molecule has 2 aromatic heterocycles. The molecule has 2 aromatic carbocycles. The second-order valence-corrected chi connectivity index (χ2v) is 5.96. The molecule has 0 aliphatic rings. The fraction of sp³-hybridized carbons (Fsp3) is 0.150. The maximum absolute atomic E-state index is 12.6. The quantitative estimate of drug-likeness (QED) is 0.494. The van der Waals surface area contributed by atoms with Crippen LogP contribution in [0.3, 0.4) is 0 Å². The van der Waals surface area contributed by atoms with Gasteiger partial charge in [-0.2, -0.15) is 5.10 Å². The molecule has 0 aliphatic carbocycles. The normalized spacial score (nSPS) is 10.9. The molecule has 0 bridgehead atoms. The molecule has 0 aliphatic heterocycles. The van der Waals surface area contributed by atoms with Crippen molar-refractivity contribution < 1.29 is 13.9 Å². The lowest BCUT2D eigenvalue weighted by atomic mass is 10.1. The first-order valence-corrected chi connectivity index (χ1v) is 8.72. The van der Waals surface area contributed by atoms with Crippen LogP contribution in [0.15, 0.2) is 63.8 Å². The molecule has 0 fully saturated rings. The highest BCUT2D eigenvalue weighted by Crippen LogP contribution is 2.18. The van der Waals surface area contributed by atoms with Gasteiger partial charge in [-0.15, -0.1) is 10.2 Å². The molecule has 0 amide bonds. The van der Waals surface area contributed by atoms with Crippen molar-refractivity contribution in [1.29, 1.82) is 0 Å².